The lowest BCUT2D eigenvalue weighted by atomic mass is 10.1. The summed E-state index contributed by atoms with van der Waals surface area (Å²) in [6.45, 7) is 0.654. The average Bonchev–Trinajstić information content (AvgIpc) is 2.95. The van der Waals surface area contributed by atoms with E-state index in [9.17, 15) is 15.0 Å². The fourth-order valence-corrected chi connectivity index (χ4v) is 2.72. The van der Waals surface area contributed by atoms with Gasteiger partial charge in [-0.15, -0.1) is 0 Å². The molecule has 3 unspecified atom stereocenters. The zero-order chi connectivity index (χ0) is 16.9. The summed E-state index contributed by atoms with van der Waals surface area (Å²) in [4.78, 5) is 10.9. The molecule has 2 aromatic rings. The molecular formula is C18H19NO5. The second-order valence-corrected chi connectivity index (χ2v) is 5.72. The number of carboxylic acid groups (broad SMARTS) is 1. The maximum Gasteiger partial charge on any atom is 0.155 e. The number of aliphatic hydroxyl groups excluding tert-OH is 1. The highest BCUT2D eigenvalue weighted by Crippen LogP contribution is 2.22. The fraction of sp³-hybridized carbons (Fsp3) is 0.278. The van der Waals surface area contributed by atoms with Gasteiger partial charge in [-0.25, -0.2) is 0 Å². The van der Waals surface area contributed by atoms with Crippen molar-refractivity contribution in [2.45, 2.75) is 24.9 Å². The van der Waals surface area contributed by atoms with Gasteiger partial charge in [0.2, 0.25) is 0 Å². The standard InChI is InChI=1S/C18H19NO5/c20-17-15(10-19-16(17)18(21)22)23-11-12-5-4-8-14(9-12)24-13-6-2-1-3-7-13/h1-9,15-17,19-20H,10-11H2,(H,21,22). The van der Waals surface area contributed by atoms with Crippen LogP contribution >= 0.6 is 0 Å². The summed E-state index contributed by atoms with van der Waals surface area (Å²) in [7, 11) is 0. The molecule has 0 amide bonds. The Bertz CT molecular complexity index is 691. The summed E-state index contributed by atoms with van der Waals surface area (Å²) in [6.07, 6.45) is -1.61. The Balaban J connectivity index is 1.58. The van der Waals surface area contributed by atoms with Gasteiger partial charge in [0.05, 0.1) is 6.61 Å². The van der Waals surface area contributed by atoms with Crippen LogP contribution in [0.2, 0.25) is 0 Å². The lowest BCUT2D eigenvalue weighted by Crippen LogP contribution is -2.91. The van der Waals surface area contributed by atoms with E-state index in [1.807, 2.05) is 54.6 Å². The van der Waals surface area contributed by atoms with Gasteiger partial charge in [-0.1, -0.05) is 30.3 Å². The number of carbonyl (C=O) groups excluding carboxylic acids is 1. The monoisotopic (exact) mass is 329 g/mol. The molecule has 1 aliphatic rings. The van der Waals surface area contributed by atoms with E-state index in [-0.39, 0.29) is 6.61 Å². The molecule has 126 valence electrons. The lowest BCUT2D eigenvalue weighted by molar-refractivity contribution is -0.669. The maximum absolute atomic E-state index is 10.9. The number of hydrogen-bond acceptors (Lipinski definition) is 5. The SMILES string of the molecule is O=C([O-])C1[NH2+]CC(OCc2cccc(Oc3ccccc3)c2)C1O. The Morgan fingerprint density at radius 3 is 2.62 bits per heavy atom. The number of para-hydroxylation sites is 1. The molecular weight excluding hydrogens is 310 g/mol. The Labute approximate surface area is 139 Å². The number of carbonyl (C=O) groups is 1. The van der Waals surface area contributed by atoms with Crippen molar-refractivity contribution in [3.63, 3.8) is 0 Å². The van der Waals surface area contributed by atoms with Crippen LogP contribution in [0.4, 0.5) is 0 Å². The van der Waals surface area contributed by atoms with Crippen LogP contribution in [0.3, 0.4) is 0 Å². The minimum Gasteiger partial charge on any atom is -0.544 e. The van der Waals surface area contributed by atoms with Crippen molar-refractivity contribution < 1.29 is 29.8 Å². The van der Waals surface area contributed by atoms with Crippen LogP contribution in [0.5, 0.6) is 11.5 Å². The van der Waals surface area contributed by atoms with E-state index in [1.54, 1.807) is 0 Å². The van der Waals surface area contributed by atoms with Crippen LogP contribution in [-0.2, 0) is 16.1 Å². The molecule has 3 rings (SSSR count). The van der Waals surface area contributed by atoms with Gasteiger partial charge < -0.3 is 29.8 Å². The smallest absolute Gasteiger partial charge is 0.155 e. The molecule has 6 nitrogen and oxygen atoms in total. The minimum atomic E-state index is -1.27. The average molecular weight is 329 g/mol. The third kappa shape index (κ3) is 3.91. The van der Waals surface area contributed by atoms with Gasteiger partial charge in [-0.2, -0.15) is 0 Å². The normalized spacial score (nSPS) is 23.1. The van der Waals surface area contributed by atoms with E-state index in [0.717, 1.165) is 11.3 Å². The van der Waals surface area contributed by atoms with Crippen molar-refractivity contribution in [3.8, 4) is 11.5 Å². The summed E-state index contributed by atoms with van der Waals surface area (Å²) < 4.78 is 11.4. The third-order valence-corrected chi connectivity index (χ3v) is 3.98. The molecule has 0 aliphatic carbocycles. The number of aliphatic hydroxyl groups is 1. The van der Waals surface area contributed by atoms with Crippen LogP contribution in [0, 0.1) is 0 Å². The van der Waals surface area contributed by atoms with Gasteiger partial charge in [-0.05, 0) is 29.8 Å². The van der Waals surface area contributed by atoms with Crippen LogP contribution in [0.1, 0.15) is 5.56 Å². The van der Waals surface area contributed by atoms with Crippen molar-refractivity contribution in [1.29, 1.82) is 0 Å². The number of quaternary nitrogens is 1. The second kappa shape index (κ2) is 7.44. The topological polar surface area (TPSA) is 95.4 Å². The molecule has 1 aliphatic heterocycles. The highest BCUT2D eigenvalue weighted by Gasteiger charge is 2.40. The Hall–Kier alpha value is -2.41. The van der Waals surface area contributed by atoms with Crippen molar-refractivity contribution in [3.05, 3.63) is 60.2 Å². The Kier molecular flexibility index (Phi) is 5.10. The lowest BCUT2D eigenvalue weighted by Gasteiger charge is -2.16. The zero-order valence-corrected chi connectivity index (χ0v) is 13.0. The third-order valence-electron chi connectivity index (χ3n) is 3.98. The van der Waals surface area contributed by atoms with Crippen LogP contribution in [-0.4, -0.2) is 35.9 Å². The molecule has 0 aromatic heterocycles. The van der Waals surface area contributed by atoms with Crippen LogP contribution in [0.25, 0.3) is 0 Å². The Morgan fingerprint density at radius 2 is 1.92 bits per heavy atom. The van der Waals surface area contributed by atoms with Gasteiger partial charge in [0.15, 0.2) is 6.04 Å². The van der Waals surface area contributed by atoms with Crippen LogP contribution < -0.4 is 15.2 Å². The van der Waals surface area contributed by atoms with Crippen molar-refractivity contribution in [1.82, 2.24) is 0 Å². The number of rotatable bonds is 6. The largest absolute Gasteiger partial charge is 0.544 e. The van der Waals surface area contributed by atoms with Gasteiger partial charge in [0.25, 0.3) is 0 Å². The molecule has 0 radical (unpaired) electrons. The van der Waals surface area contributed by atoms with Crippen LogP contribution in [0.15, 0.2) is 54.6 Å². The van der Waals surface area contributed by atoms with E-state index >= 15 is 0 Å². The first-order chi connectivity index (χ1) is 11.6. The molecule has 6 heteroatoms. The molecule has 24 heavy (non-hydrogen) atoms. The molecule has 1 heterocycles. The predicted molar refractivity (Wildman–Crippen MR) is 83.1 cm³/mol. The minimum absolute atomic E-state index is 0.265. The number of carboxylic acids is 1. The predicted octanol–water partition coefficient (Wildman–Crippen LogP) is -0.579. The molecule has 3 N–H and O–H groups in total. The summed E-state index contributed by atoms with van der Waals surface area (Å²) in [5.41, 5.74) is 0.882. The molecule has 0 saturated carbocycles. The summed E-state index contributed by atoms with van der Waals surface area (Å²) in [5.74, 6) is 0.161. The Morgan fingerprint density at radius 1 is 1.17 bits per heavy atom. The van der Waals surface area contributed by atoms with E-state index in [1.165, 1.54) is 5.32 Å². The molecule has 0 spiro atoms. The number of benzene rings is 2. The molecule has 2 aromatic carbocycles. The van der Waals surface area contributed by atoms with E-state index in [2.05, 4.69) is 0 Å². The van der Waals surface area contributed by atoms with Gasteiger partial charge in [0, 0.05) is 0 Å². The first kappa shape index (κ1) is 16.4. The van der Waals surface area contributed by atoms with E-state index < -0.39 is 24.2 Å². The molecule has 0 bridgehead atoms. The van der Waals surface area contributed by atoms with Crippen molar-refractivity contribution in [2.75, 3.05) is 6.54 Å². The second-order valence-electron chi connectivity index (χ2n) is 5.72. The first-order valence-electron chi connectivity index (χ1n) is 7.79. The highest BCUT2D eigenvalue weighted by atomic mass is 16.5. The van der Waals surface area contributed by atoms with Gasteiger partial charge in [-0.3, -0.25) is 0 Å². The van der Waals surface area contributed by atoms with Gasteiger partial charge in [0.1, 0.15) is 36.2 Å². The molecule has 1 fully saturated rings. The number of ether oxygens (including phenoxy) is 2. The number of hydrogen-bond donors (Lipinski definition) is 2. The highest BCUT2D eigenvalue weighted by molar-refractivity contribution is 5.70. The van der Waals surface area contributed by atoms with E-state index in [0.29, 0.717) is 12.3 Å². The van der Waals surface area contributed by atoms with Gasteiger partial charge >= 0.3 is 0 Å². The number of nitrogens with two attached hydrogens (primary N) is 1. The first-order valence-corrected chi connectivity index (χ1v) is 7.79. The van der Waals surface area contributed by atoms with E-state index in [4.69, 9.17) is 9.47 Å². The molecule has 1 saturated heterocycles. The quantitative estimate of drug-likeness (QED) is 0.739. The zero-order valence-electron chi connectivity index (χ0n) is 13.0. The molecule has 3 atom stereocenters. The number of aliphatic carboxylic acids is 1. The maximum atomic E-state index is 10.9. The van der Waals surface area contributed by atoms with Crippen molar-refractivity contribution >= 4 is 5.97 Å². The summed E-state index contributed by atoms with van der Waals surface area (Å²) in [5, 5.41) is 22.3. The summed E-state index contributed by atoms with van der Waals surface area (Å²) in [6, 6.07) is 15.9. The van der Waals surface area contributed by atoms with Crippen molar-refractivity contribution in [2.24, 2.45) is 0 Å². The summed E-state index contributed by atoms with van der Waals surface area (Å²) >= 11 is 0. The fourth-order valence-electron chi connectivity index (χ4n) is 2.72.